The Morgan fingerprint density at radius 2 is 1.92 bits per heavy atom. The van der Waals surface area contributed by atoms with Crippen LogP contribution in [0.1, 0.15) is 0 Å². The van der Waals surface area contributed by atoms with E-state index in [9.17, 15) is 22.8 Å². The number of carboxylic acids is 1. The van der Waals surface area contributed by atoms with E-state index in [1.165, 1.54) is 6.07 Å². The van der Waals surface area contributed by atoms with Gasteiger partial charge in [0.25, 0.3) is 0 Å². The molecule has 2 aromatic rings. The Morgan fingerprint density at radius 1 is 1.23 bits per heavy atom. The van der Waals surface area contributed by atoms with Crippen LogP contribution in [0.2, 0.25) is 0 Å². The number of aliphatic carboxylic acids is 1. The number of halogens is 3. The van der Waals surface area contributed by atoms with Crippen molar-refractivity contribution < 1.29 is 32.4 Å². The monoisotopic (exact) mass is 369 g/mol. The minimum Gasteiger partial charge on any atom is -0.481 e. The minimum atomic E-state index is -4.70. The van der Waals surface area contributed by atoms with Crippen LogP contribution in [-0.2, 0) is 4.79 Å². The fraction of sp³-hybridized carbons (Fsp3) is 0.312. The molecule has 0 aliphatic carbocycles. The average Bonchev–Trinajstić information content (AvgIpc) is 3.22. The zero-order chi connectivity index (χ0) is 18.9. The van der Waals surface area contributed by atoms with E-state index in [0.29, 0.717) is 11.3 Å². The molecule has 1 aromatic heterocycles. The number of urea groups is 1. The van der Waals surface area contributed by atoms with E-state index >= 15 is 0 Å². The van der Waals surface area contributed by atoms with Crippen LogP contribution in [0.15, 0.2) is 40.9 Å². The van der Waals surface area contributed by atoms with E-state index in [0.717, 1.165) is 4.90 Å². The van der Waals surface area contributed by atoms with Gasteiger partial charge in [-0.25, -0.2) is 4.79 Å². The molecule has 1 fully saturated rings. The van der Waals surface area contributed by atoms with Crippen molar-refractivity contribution in [3.63, 3.8) is 0 Å². The van der Waals surface area contributed by atoms with Gasteiger partial charge in [0.15, 0.2) is 11.6 Å². The zero-order valence-corrected chi connectivity index (χ0v) is 13.2. The molecule has 2 N–H and O–H groups in total. The zero-order valence-electron chi connectivity index (χ0n) is 13.2. The Bertz CT molecular complexity index is 807. The topological polar surface area (TPSA) is 95.7 Å². The molecule has 1 saturated heterocycles. The number of likely N-dealkylation sites (tertiary alicyclic amines) is 1. The quantitative estimate of drug-likeness (QED) is 0.867. The molecule has 138 valence electrons. The van der Waals surface area contributed by atoms with Gasteiger partial charge in [0.2, 0.25) is 0 Å². The van der Waals surface area contributed by atoms with Crippen molar-refractivity contribution in [1.82, 2.24) is 10.1 Å². The summed E-state index contributed by atoms with van der Waals surface area (Å²) in [6.07, 6.45) is -4.70. The maximum absolute atomic E-state index is 13.0. The fourth-order valence-corrected chi connectivity index (χ4v) is 2.81. The second-order valence-corrected chi connectivity index (χ2v) is 5.87. The smallest absolute Gasteiger partial charge is 0.394 e. The van der Waals surface area contributed by atoms with Crippen molar-refractivity contribution >= 4 is 17.8 Å². The number of benzene rings is 1. The molecule has 26 heavy (non-hydrogen) atoms. The summed E-state index contributed by atoms with van der Waals surface area (Å²) < 4.78 is 44.0. The van der Waals surface area contributed by atoms with Crippen LogP contribution in [0.5, 0.6) is 0 Å². The molecule has 1 aliphatic rings. The molecule has 2 amide bonds. The Labute approximate surface area is 145 Å². The van der Waals surface area contributed by atoms with Crippen LogP contribution in [0.25, 0.3) is 11.3 Å². The molecule has 0 bridgehead atoms. The molecule has 1 aromatic carbocycles. The van der Waals surface area contributed by atoms with Crippen molar-refractivity contribution in [2.45, 2.75) is 6.18 Å². The van der Waals surface area contributed by atoms with E-state index in [-0.39, 0.29) is 5.82 Å². The molecule has 1 aliphatic heterocycles. The predicted octanol–water partition coefficient (Wildman–Crippen LogP) is 3.07. The summed E-state index contributed by atoms with van der Waals surface area (Å²) in [5.74, 6) is -4.99. The van der Waals surface area contributed by atoms with Gasteiger partial charge in [0.1, 0.15) is 0 Å². The van der Waals surface area contributed by atoms with Crippen molar-refractivity contribution in [2.75, 3.05) is 18.4 Å². The number of carbonyl (C=O) groups excluding carboxylic acids is 1. The fourth-order valence-electron chi connectivity index (χ4n) is 2.81. The molecule has 0 radical (unpaired) electrons. The lowest BCUT2D eigenvalue weighted by atomic mass is 9.96. The molecule has 0 unspecified atom stereocenters. The SMILES string of the molecule is O=C(O)[C@@H]1CN(C(=O)Nc2cc(-c3ccccc3)on2)C[C@H]1C(F)(F)F. The van der Waals surface area contributed by atoms with Crippen molar-refractivity contribution in [1.29, 1.82) is 0 Å². The highest BCUT2D eigenvalue weighted by Gasteiger charge is 2.53. The number of amides is 2. The van der Waals surface area contributed by atoms with Gasteiger partial charge >= 0.3 is 18.2 Å². The number of rotatable bonds is 3. The maximum atomic E-state index is 13.0. The van der Waals surface area contributed by atoms with E-state index in [4.69, 9.17) is 9.63 Å². The van der Waals surface area contributed by atoms with E-state index < -0.39 is 43.1 Å². The standard InChI is InChI=1S/C16H14F3N3O4/c17-16(18,19)11-8-22(7-10(11)14(23)24)15(25)20-13-6-12(26-21-13)9-4-2-1-3-5-9/h1-6,10-11H,7-8H2,(H,23,24)(H,20,21,25)/t10-,11-/m1/s1. The van der Waals surface area contributed by atoms with Gasteiger partial charge < -0.3 is 14.5 Å². The molecule has 2 atom stereocenters. The highest BCUT2D eigenvalue weighted by Crippen LogP contribution is 2.38. The second-order valence-electron chi connectivity index (χ2n) is 5.87. The van der Waals surface area contributed by atoms with Gasteiger partial charge in [-0.2, -0.15) is 13.2 Å². The molecule has 2 heterocycles. The predicted molar refractivity (Wildman–Crippen MR) is 83.2 cm³/mol. The summed E-state index contributed by atoms with van der Waals surface area (Å²) in [6.45, 7) is -1.26. The van der Waals surface area contributed by atoms with Gasteiger partial charge in [-0.3, -0.25) is 10.1 Å². The lowest BCUT2D eigenvalue weighted by molar-refractivity contribution is -0.187. The molecule has 7 nitrogen and oxygen atoms in total. The maximum Gasteiger partial charge on any atom is 0.394 e. The molecule has 0 saturated carbocycles. The Kier molecular flexibility index (Phi) is 4.58. The van der Waals surface area contributed by atoms with Crippen molar-refractivity contribution in [2.24, 2.45) is 11.8 Å². The average molecular weight is 369 g/mol. The minimum absolute atomic E-state index is 0.0242. The number of anilines is 1. The van der Waals surface area contributed by atoms with Gasteiger partial charge in [-0.05, 0) is 0 Å². The number of hydrogen-bond donors (Lipinski definition) is 2. The first-order valence-corrected chi connectivity index (χ1v) is 7.63. The number of carbonyl (C=O) groups is 2. The van der Waals surface area contributed by atoms with Crippen LogP contribution < -0.4 is 5.32 Å². The largest absolute Gasteiger partial charge is 0.481 e. The van der Waals surface area contributed by atoms with Crippen molar-refractivity contribution in [3.8, 4) is 11.3 Å². The van der Waals surface area contributed by atoms with Crippen LogP contribution >= 0.6 is 0 Å². The van der Waals surface area contributed by atoms with Gasteiger partial charge in [-0.1, -0.05) is 35.5 Å². The van der Waals surface area contributed by atoms with Gasteiger partial charge in [0, 0.05) is 24.7 Å². The highest BCUT2D eigenvalue weighted by molar-refractivity contribution is 5.89. The van der Waals surface area contributed by atoms with Crippen LogP contribution in [0.4, 0.5) is 23.8 Å². The Balaban J connectivity index is 1.69. The summed E-state index contributed by atoms with van der Waals surface area (Å²) in [5.41, 5.74) is 0.713. The van der Waals surface area contributed by atoms with Crippen LogP contribution in [0.3, 0.4) is 0 Å². The number of carboxylic acid groups (broad SMARTS) is 1. The van der Waals surface area contributed by atoms with E-state index in [1.807, 2.05) is 6.07 Å². The first-order valence-electron chi connectivity index (χ1n) is 7.63. The van der Waals surface area contributed by atoms with E-state index in [2.05, 4.69) is 10.5 Å². The van der Waals surface area contributed by atoms with Crippen LogP contribution in [0, 0.1) is 11.8 Å². The summed E-state index contributed by atoms with van der Waals surface area (Å²) in [4.78, 5) is 24.0. The number of alkyl halides is 3. The first-order chi connectivity index (χ1) is 12.3. The van der Waals surface area contributed by atoms with Gasteiger partial charge in [-0.15, -0.1) is 0 Å². The number of nitrogens with zero attached hydrogens (tertiary/aromatic N) is 2. The summed E-state index contributed by atoms with van der Waals surface area (Å²) in [6, 6.07) is 9.46. The summed E-state index contributed by atoms with van der Waals surface area (Å²) >= 11 is 0. The molecular formula is C16H14F3N3O4. The number of aromatic nitrogens is 1. The normalized spacial score (nSPS) is 20.2. The molecule has 3 rings (SSSR count). The van der Waals surface area contributed by atoms with Gasteiger partial charge in [0.05, 0.1) is 11.8 Å². The third-order valence-corrected chi connectivity index (χ3v) is 4.15. The second kappa shape index (κ2) is 6.70. The van der Waals surface area contributed by atoms with E-state index in [1.54, 1.807) is 24.3 Å². The molecular weight excluding hydrogens is 355 g/mol. The lowest BCUT2D eigenvalue weighted by Crippen LogP contribution is -2.35. The lowest BCUT2D eigenvalue weighted by Gasteiger charge is -2.18. The summed E-state index contributed by atoms with van der Waals surface area (Å²) in [7, 11) is 0. The summed E-state index contributed by atoms with van der Waals surface area (Å²) in [5, 5.41) is 15.0. The highest BCUT2D eigenvalue weighted by atomic mass is 19.4. The molecule has 0 spiro atoms. The van der Waals surface area contributed by atoms with Crippen molar-refractivity contribution in [3.05, 3.63) is 36.4 Å². The Hall–Kier alpha value is -3.04. The third kappa shape index (κ3) is 3.63. The number of hydrogen-bond acceptors (Lipinski definition) is 4. The third-order valence-electron chi connectivity index (χ3n) is 4.15. The van der Waals surface area contributed by atoms with Crippen LogP contribution in [-0.4, -0.2) is 46.4 Å². The molecule has 10 heteroatoms. The Morgan fingerprint density at radius 3 is 2.50 bits per heavy atom. The number of nitrogens with one attached hydrogen (secondary N) is 1. The first kappa shape index (κ1) is 17.8.